The van der Waals surface area contributed by atoms with Crippen molar-refractivity contribution in [1.82, 2.24) is 0 Å². The number of unbranched alkanes of at least 4 members (excludes halogenated alkanes) is 18. The van der Waals surface area contributed by atoms with Gasteiger partial charge in [-0.05, 0) is 19.3 Å². The van der Waals surface area contributed by atoms with E-state index in [1.165, 1.54) is 116 Å². The van der Waals surface area contributed by atoms with Gasteiger partial charge in [-0.1, -0.05) is 123 Å². The van der Waals surface area contributed by atoms with Gasteiger partial charge in [-0.25, -0.2) is 0 Å². The summed E-state index contributed by atoms with van der Waals surface area (Å²) < 4.78 is 30.5. The van der Waals surface area contributed by atoms with Crippen molar-refractivity contribution in [2.75, 3.05) is 39.5 Å². The van der Waals surface area contributed by atoms with Crippen LogP contribution in [-0.2, 0) is 14.3 Å². The zero-order chi connectivity index (χ0) is 25.4. The topological polar surface area (TPSA) is 43.4 Å². The van der Waals surface area contributed by atoms with E-state index in [4.69, 9.17) is 4.18 Å². The van der Waals surface area contributed by atoms with Crippen molar-refractivity contribution in [3.8, 4) is 0 Å². The highest BCUT2D eigenvalue weighted by atomic mass is 32.2. The van der Waals surface area contributed by atoms with Gasteiger partial charge in [-0.2, -0.15) is 8.42 Å². The van der Waals surface area contributed by atoms with E-state index in [9.17, 15) is 8.42 Å². The molecule has 0 bridgehead atoms. The molecule has 0 spiro atoms. The van der Waals surface area contributed by atoms with Crippen LogP contribution in [0.2, 0.25) is 0 Å². The van der Waals surface area contributed by atoms with Crippen molar-refractivity contribution >= 4 is 10.1 Å². The summed E-state index contributed by atoms with van der Waals surface area (Å²) in [7, 11) is 1.09. The average molecular weight is 505 g/mol. The van der Waals surface area contributed by atoms with Gasteiger partial charge in [0.05, 0.1) is 39.5 Å². The highest BCUT2D eigenvalue weighted by Crippen LogP contribution is 2.13. The minimum absolute atomic E-state index is 0.157. The Morgan fingerprint density at radius 1 is 0.500 bits per heavy atom. The summed E-state index contributed by atoms with van der Waals surface area (Å²) in [5.41, 5.74) is 0. The molecule has 0 heterocycles. The monoisotopic (exact) mass is 504 g/mol. The molecule has 0 aromatic carbocycles. The van der Waals surface area contributed by atoms with E-state index in [-0.39, 0.29) is 5.75 Å². The molecule has 0 aromatic heterocycles. The zero-order valence-corrected chi connectivity index (χ0v) is 24.6. The average Bonchev–Trinajstić information content (AvgIpc) is 2.78. The van der Waals surface area contributed by atoms with Gasteiger partial charge < -0.3 is 4.48 Å². The molecule has 0 rings (SSSR count). The Morgan fingerprint density at radius 2 is 0.853 bits per heavy atom. The maximum atomic E-state index is 12.2. The Kier molecular flexibility index (Phi) is 23.2. The standard InChI is InChI=1S/C29H62NO3S/c1-5-7-9-11-13-15-17-19-21-23-26-30(3,4)27-25-29-34(31,32)33-28-24-22-20-18-16-14-12-10-8-6-2/h5-29H2,1-4H3/q+1. The first-order valence-electron chi connectivity index (χ1n) is 15.0. The van der Waals surface area contributed by atoms with E-state index >= 15 is 0 Å². The highest BCUT2D eigenvalue weighted by molar-refractivity contribution is 7.86. The maximum absolute atomic E-state index is 12.2. The fourth-order valence-corrected chi connectivity index (χ4v) is 5.62. The molecule has 0 fully saturated rings. The summed E-state index contributed by atoms with van der Waals surface area (Å²) in [6, 6.07) is 0. The van der Waals surface area contributed by atoms with E-state index in [0.29, 0.717) is 13.0 Å². The van der Waals surface area contributed by atoms with Gasteiger partial charge in [0, 0.05) is 6.42 Å². The minimum atomic E-state index is -3.37. The Bertz CT molecular complexity index is 519. The van der Waals surface area contributed by atoms with Gasteiger partial charge >= 0.3 is 0 Å². The van der Waals surface area contributed by atoms with Gasteiger partial charge in [-0.3, -0.25) is 4.18 Å². The Labute approximate surface area is 215 Å². The number of nitrogens with zero attached hydrogens (tertiary/aromatic N) is 1. The first-order chi connectivity index (χ1) is 16.3. The van der Waals surface area contributed by atoms with Crippen LogP contribution in [0.1, 0.15) is 149 Å². The molecular weight excluding hydrogens is 442 g/mol. The molecule has 0 unspecified atom stereocenters. The Morgan fingerprint density at radius 3 is 1.29 bits per heavy atom. The lowest BCUT2D eigenvalue weighted by molar-refractivity contribution is -0.890. The van der Waals surface area contributed by atoms with Gasteiger partial charge in [-0.15, -0.1) is 0 Å². The maximum Gasteiger partial charge on any atom is 0.267 e. The molecule has 0 aliphatic carbocycles. The molecule has 0 radical (unpaired) electrons. The largest absolute Gasteiger partial charge is 0.328 e. The highest BCUT2D eigenvalue weighted by Gasteiger charge is 2.18. The summed E-state index contributed by atoms with van der Waals surface area (Å²) in [5, 5.41) is 0. The third-order valence-corrected chi connectivity index (χ3v) is 8.35. The molecule has 206 valence electrons. The van der Waals surface area contributed by atoms with Crippen molar-refractivity contribution < 1.29 is 17.1 Å². The Balaban J connectivity index is 3.61. The van der Waals surface area contributed by atoms with Crippen LogP contribution in [0.15, 0.2) is 0 Å². The fraction of sp³-hybridized carbons (Fsp3) is 1.00. The van der Waals surface area contributed by atoms with E-state index in [1.807, 2.05) is 0 Å². The van der Waals surface area contributed by atoms with Crippen molar-refractivity contribution in [2.45, 2.75) is 149 Å². The molecule has 34 heavy (non-hydrogen) atoms. The summed E-state index contributed by atoms with van der Waals surface area (Å²) in [4.78, 5) is 0. The molecule has 0 N–H and O–H groups in total. The summed E-state index contributed by atoms with van der Waals surface area (Å²) >= 11 is 0. The van der Waals surface area contributed by atoms with Gasteiger partial charge in [0.1, 0.15) is 0 Å². The second kappa shape index (κ2) is 23.3. The van der Waals surface area contributed by atoms with E-state index in [1.54, 1.807) is 0 Å². The van der Waals surface area contributed by atoms with E-state index in [0.717, 1.165) is 30.4 Å². The summed E-state index contributed by atoms with van der Waals surface area (Å²) in [5.74, 6) is 0.157. The lowest BCUT2D eigenvalue weighted by atomic mass is 10.1. The SMILES string of the molecule is CCCCCCCCCCCCOS(=O)(=O)CCC[N+](C)(C)CCCCCCCCCCCC. The van der Waals surface area contributed by atoms with Crippen LogP contribution in [0.5, 0.6) is 0 Å². The van der Waals surface area contributed by atoms with Crippen LogP contribution < -0.4 is 0 Å². The molecule has 0 saturated carbocycles. The first kappa shape index (κ1) is 33.9. The van der Waals surface area contributed by atoms with Crippen LogP contribution >= 0.6 is 0 Å². The van der Waals surface area contributed by atoms with Crippen molar-refractivity contribution in [2.24, 2.45) is 0 Å². The molecule has 0 aliphatic heterocycles. The van der Waals surface area contributed by atoms with Crippen LogP contribution in [0.4, 0.5) is 0 Å². The lowest BCUT2D eigenvalue weighted by Crippen LogP contribution is -2.41. The van der Waals surface area contributed by atoms with Gasteiger partial charge in [0.15, 0.2) is 0 Å². The predicted molar refractivity (Wildman–Crippen MR) is 150 cm³/mol. The minimum Gasteiger partial charge on any atom is -0.328 e. The van der Waals surface area contributed by atoms with Crippen molar-refractivity contribution in [3.05, 3.63) is 0 Å². The summed E-state index contributed by atoms with van der Waals surface area (Å²) in [6.07, 6.45) is 26.7. The normalized spacial score (nSPS) is 12.5. The lowest BCUT2D eigenvalue weighted by Gasteiger charge is -2.29. The second-order valence-electron chi connectivity index (χ2n) is 11.2. The number of hydrogen-bond donors (Lipinski definition) is 0. The molecular formula is C29H62NO3S+. The second-order valence-corrected chi connectivity index (χ2v) is 12.9. The van der Waals surface area contributed by atoms with Crippen molar-refractivity contribution in [1.29, 1.82) is 0 Å². The number of quaternary nitrogens is 1. The first-order valence-corrected chi connectivity index (χ1v) is 16.6. The van der Waals surface area contributed by atoms with Gasteiger partial charge in [0.25, 0.3) is 10.1 Å². The smallest absolute Gasteiger partial charge is 0.267 e. The predicted octanol–water partition coefficient (Wildman–Crippen LogP) is 8.64. The van der Waals surface area contributed by atoms with Gasteiger partial charge in [0.2, 0.25) is 0 Å². The van der Waals surface area contributed by atoms with Crippen LogP contribution in [0.3, 0.4) is 0 Å². The van der Waals surface area contributed by atoms with Crippen molar-refractivity contribution in [3.63, 3.8) is 0 Å². The molecule has 0 amide bonds. The molecule has 0 aromatic rings. The van der Waals surface area contributed by atoms with Crippen LogP contribution in [0, 0.1) is 0 Å². The number of hydrogen-bond acceptors (Lipinski definition) is 3. The Hall–Kier alpha value is -0.130. The fourth-order valence-electron chi connectivity index (χ4n) is 4.64. The zero-order valence-electron chi connectivity index (χ0n) is 23.8. The summed E-state index contributed by atoms with van der Waals surface area (Å²) in [6.45, 7) is 6.92. The van der Waals surface area contributed by atoms with Crippen LogP contribution in [0.25, 0.3) is 0 Å². The quantitative estimate of drug-likeness (QED) is 0.0638. The third-order valence-electron chi connectivity index (χ3n) is 7.04. The molecule has 5 heteroatoms. The number of rotatable bonds is 27. The van der Waals surface area contributed by atoms with E-state index < -0.39 is 10.1 Å². The van der Waals surface area contributed by atoms with E-state index in [2.05, 4.69) is 27.9 Å². The molecule has 0 atom stereocenters. The van der Waals surface area contributed by atoms with Crippen LogP contribution in [-0.4, -0.2) is 52.4 Å². The molecule has 0 saturated heterocycles. The third kappa shape index (κ3) is 25.0. The molecule has 0 aliphatic rings. The molecule has 4 nitrogen and oxygen atoms in total.